The molecule has 1 aromatic heterocycles. The van der Waals surface area contributed by atoms with E-state index in [4.69, 9.17) is 0 Å². The van der Waals surface area contributed by atoms with Gasteiger partial charge in [-0.25, -0.2) is 4.68 Å². The molecule has 4 rings (SSSR count). The van der Waals surface area contributed by atoms with Gasteiger partial charge in [-0.05, 0) is 30.5 Å². The summed E-state index contributed by atoms with van der Waals surface area (Å²) < 4.78 is 2.14. The van der Waals surface area contributed by atoms with Crippen LogP contribution in [-0.4, -0.2) is 21.5 Å². The van der Waals surface area contributed by atoms with Crippen LogP contribution < -0.4 is 10.6 Å². The highest BCUT2D eigenvalue weighted by atomic mass is 15.4. The molecular weight excluding hydrogens is 236 g/mol. The molecule has 2 heterocycles. The lowest BCUT2D eigenvalue weighted by atomic mass is 9.95. The summed E-state index contributed by atoms with van der Waals surface area (Å²) in [6.07, 6.45) is 9.75. The van der Waals surface area contributed by atoms with Gasteiger partial charge in [-0.2, -0.15) is 0 Å². The quantitative estimate of drug-likeness (QED) is 0.778. The first-order valence-corrected chi connectivity index (χ1v) is 7.32. The normalized spacial score (nSPS) is 19.8. The zero-order valence-corrected chi connectivity index (χ0v) is 11.0. The molecule has 1 aliphatic heterocycles. The predicted molar refractivity (Wildman–Crippen MR) is 74.4 cm³/mol. The molecule has 1 aromatic carbocycles. The van der Waals surface area contributed by atoms with E-state index in [9.17, 15) is 0 Å². The van der Waals surface area contributed by atoms with Crippen molar-refractivity contribution in [3.8, 4) is 0 Å². The highest BCUT2D eigenvalue weighted by molar-refractivity contribution is 5.74. The largest absolute Gasteiger partial charge is 0.282 e. The van der Waals surface area contributed by atoms with E-state index in [2.05, 4.69) is 38.2 Å². The van der Waals surface area contributed by atoms with Gasteiger partial charge in [-0.15, -0.1) is 5.10 Å². The van der Waals surface area contributed by atoms with Gasteiger partial charge in [0, 0.05) is 6.54 Å². The lowest BCUT2D eigenvalue weighted by molar-refractivity contribution is 0.331. The average Bonchev–Trinajstić information content (AvgIpc) is 2.92. The van der Waals surface area contributed by atoms with Gasteiger partial charge in [-0.3, -0.25) is 4.99 Å². The second-order valence-electron chi connectivity index (χ2n) is 5.57. The number of fused-ring (bicyclic) bond motifs is 3. The molecule has 98 valence electrons. The maximum atomic E-state index is 4.63. The Kier molecular flexibility index (Phi) is 2.60. The maximum Gasteiger partial charge on any atom is 0.138 e. The fraction of sp³-hybridized carbons (Fsp3) is 0.533. The van der Waals surface area contributed by atoms with Crippen molar-refractivity contribution in [2.24, 2.45) is 4.99 Å². The van der Waals surface area contributed by atoms with Crippen LogP contribution in [-0.2, 0) is 0 Å². The Balaban J connectivity index is 1.91. The van der Waals surface area contributed by atoms with Crippen LogP contribution in [0.5, 0.6) is 0 Å². The molecule has 2 aliphatic rings. The van der Waals surface area contributed by atoms with Crippen molar-refractivity contribution < 1.29 is 0 Å². The molecule has 0 N–H and O–H groups in total. The summed E-state index contributed by atoms with van der Waals surface area (Å²) in [5, 5.41) is 11.1. The number of rotatable bonds is 1. The van der Waals surface area contributed by atoms with Crippen molar-refractivity contribution >= 4 is 17.1 Å². The minimum absolute atomic E-state index is 0.532. The lowest BCUT2D eigenvalue weighted by Gasteiger charge is -2.21. The smallest absolute Gasteiger partial charge is 0.138 e. The van der Waals surface area contributed by atoms with Gasteiger partial charge in [0.05, 0.1) is 16.9 Å². The van der Waals surface area contributed by atoms with Crippen LogP contribution >= 0.6 is 0 Å². The molecule has 1 saturated carbocycles. The van der Waals surface area contributed by atoms with Crippen LogP contribution in [0.25, 0.3) is 17.1 Å². The van der Waals surface area contributed by atoms with E-state index in [1.54, 1.807) is 0 Å². The Bertz CT molecular complexity index is 722. The van der Waals surface area contributed by atoms with Crippen molar-refractivity contribution in [2.45, 2.75) is 44.6 Å². The van der Waals surface area contributed by atoms with Crippen LogP contribution in [0, 0.1) is 0 Å². The fourth-order valence-electron chi connectivity index (χ4n) is 3.33. The van der Waals surface area contributed by atoms with E-state index in [1.165, 1.54) is 37.3 Å². The minimum Gasteiger partial charge on any atom is -0.282 e. The topological polar surface area (TPSA) is 43.1 Å². The molecule has 0 spiro atoms. The van der Waals surface area contributed by atoms with Crippen molar-refractivity contribution in [1.29, 1.82) is 0 Å². The first-order valence-electron chi connectivity index (χ1n) is 7.32. The number of benzene rings is 1. The van der Waals surface area contributed by atoms with Gasteiger partial charge in [0.15, 0.2) is 0 Å². The zero-order valence-electron chi connectivity index (χ0n) is 11.0. The summed E-state index contributed by atoms with van der Waals surface area (Å²) >= 11 is 0. The molecule has 0 amide bonds. The van der Waals surface area contributed by atoms with Crippen LogP contribution in [0.2, 0.25) is 0 Å². The molecule has 0 unspecified atom stereocenters. The molecule has 0 bridgehead atoms. The first kappa shape index (κ1) is 11.1. The van der Waals surface area contributed by atoms with Crippen molar-refractivity contribution in [2.75, 3.05) is 6.54 Å². The molecule has 0 saturated heterocycles. The van der Waals surface area contributed by atoms with E-state index in [0.29, 0.717) is 6.04 Å². The second kappa shape index (κ2) is 4.44. The summed E-state index contributed by atoms with van der Waals surface area (Å²) in [7, 11) is 0. The van der Waals surface area contributed by atoms with E-state index >= 15 is 0 Å². The van der Waals surface area contributed by atoms with Crippen molar-refractivity contribution in [3.05, 3.63) is 22.7 Å². The minimum atomic E-state index is 0.532. The van der Waals surface area contributed by atoms with Gasteiger partial charge in [0.1, 0.15) is 5.52 Å². The summed E-state index contributed by atoms with van der Waals surface area (Å²) in [5.41, 5.74) is 2.14. The fourth-order valence-corrected chi connectivity index (χ4v) is 3.33. The molecule has 4 nitrogen and oxygen atoms in total. The van der Waals surface area contributed by atoms with Gasteiger partial charge in [0.2, 0.25) is 0 Å². The number of nitrogens with zero attached hydrogens (tertiary/aromatic N) is 4. The third-order valence-corrected chi connectivity index (χ3v) is 4.33. The number of aromatic nitrogens is 3. The molecular formula is C15H18N4. The summed E-state index contributed by atoms with van der Waals surface area (Å²) in [6.45, 7) is 0.877. The predicted octanol–water partition coefficient (Wildman–Crippen LogP) is 1.74. The highest BCUT2D eigenvalue weighted by Crippen LogP contribution is 2.28. The van der Waals surface area contributed by atoms with Crippen LogP contribution in [0.15, 0.2) is 17.1 Å². The molecule has 0 atom stereocenters. The second-order valence-corrected chi connectivity index (χ2v) is 5.57. The first-order chi connectivity index (χ1) is 9.43. The van der Waals surface area contributed by atoms with Crippen molar-refractivity contribution in [3.63, 3.8) is 0 Å². The van der Waals surface area contributed by atoms with E-state index in [-0.39, 0.29) is 0 Å². The number of hydrogen-bond donors (Lipinski definition) is 0. The Morgan fingerprint density at radius 3 is 2.89 bits per heavy atom. The summed E-state index contributed by atoms with van der Waals surface area (Å²) in [4.78, 5) is 4.63. The summed E-state index contributed by atoms with van der Waals surface area (Å²) in [5.74, 6) is 0. The van der Waals surface area contributed by atoms with Gasteiger partial charge >= 0.3 is 0 Å². The van der Waals surface area contributed by atoms with Crippen molar-refractivity contribution in [1.82, 2.24) is 15.0 Å². The highest BCUT2D eigenvalue weighted by Gasteiger charge is 2.19. The van der Waals surface area contributed by atoms with Gasteiger partial charge < -0.3 is 0 Å². The Morgan fingerprint density at radius 1 is 1.11 bits per heavy atom. The van der Waals surface area contributed by atoms with E-state index in [1.807, 2.05) is 0 Å². The Labute approximate surface area is 111 Å². The van der Waals surface area contributed by atoms with E-state index < -0.39 is 0 Å². The Morgan fingerprint density at radius 2 is 2.00 bits per heavy atom. The monoisotopic (exact) mass is 254 g/mol. The van der Waals surface area contributed by atoms with Gasteiger partial charge in [-0.1, -0.05) is 36.6 Å². The number of hydrogen-bond acceptors (Lipinski definition) is 3. The maximum absolute atomic E-state index is 4.63. The lowest BCUT2D eigenvalue weighted by Crippen LogP contribution is -2.29. The van der Waals surface area contributed by atoms with Crippen LogP contribution in [0.4, 0.5) is 0 Å². The third-order valence-electron chi connectivity index (χ3n) is 4.33. The molecule has 4 heteroatoms. The van der Waals surface area contributed by atoms with Crippen LogP contribution in [0.3, 0.4) is 0 Å². The molecule has 2 aromatic rings. The average molecular weight is 254 g/mol. The SMILES string of the molecule is C1=c2ccc3c(nnn3C3CCCCC3)c2=NCC1. The standard InChI is InChI=1S/C15H18N4/c1-2-6-12(7-3-1)19-13-9-8-11-5-4-10-16-14(11)15(13)17-18-19/h5,8-9,12H,1-4,6-7,10H2. The third kappa shape index (κ3) is 1.78. The zero-order chi connectivity index (χ0) is 12.7. The van der Waals surface area contributed by atoms with E-state index in [0.717, 1.165) is 29.4 Å². The van der Waals surface area contributed by atoms with Gasteiger partial charge in [0.25, 0.3) is 0 Å². The molecule has 19 heavy (non-hydrogen) atoms. The summed E-state index contributed by atoms with van der Waals surface area (Å²) in [6, 6.07) is 4.87. The molecule has 1 aliphatic carbocycles. The Hall–Kier alpha value is -1.71. The molecule has 1 fully saturated rings. The molecule has 0 radical (unpaired) electrons. The van der Waals surface area contributed by atoms with Crippen LogP contribution in [0.1, 0.15) is 44.6 Å².